The van der Waals surface area contributed by atoms with Crippen LogP contribution in [0.1, 0.15) is 99.8 Å². The second-order valence-electron chi connectivity index (χ2n) is 11.9. The Morgan fingerprint density at radius 3 is 2.52 bits per heavy atom. The highest BCUT2D eigenvalue weighted by molar-refractivity contribution is 5.89. The van der Waals surface area contributed by atoms with Gasteiger partial charge >= 0.3 is 6.03 Å². The molecular formula is C31H37N7O4. The molecule has 0 spiro atoms. The largest absolute Gasteiger partial charge is 0.484 e. The normalized spacial score (nSPS) is 17.0. The Morgan fingerprint density at radius 1 is 1.05 bits per heavy atom. The summed E-state index contributed by atoms with van der Waals surface area (Å²) in [7, 11) is 0. The molecule has 1 aliphatic carbocycles. The molecule has 0 saturated carbocycles. The topological polar surface area (TPSA) is 133 Å². The molecule has 1 aliphatic rings. The van der Waals surface area contributed by atoms with Gasteiger partial charge in [0.1, 0.15) is 23.3 Å². The van der Waals surface area contributed by atoms with Crippen LogP contribution in [0.25, 0.3) is 5.65 Å². The minimum atomic E-state index is -0.613. The summed E-state index contributed by atoms with van der Waals surface area (Å²) >= 11 is 0. The summed E-state index contributed by atoms with van der Waals surface area (Å²) in [5.41, 5.74) is 2.44. The molecule has 0 fully saturated rings. The molecule has 2 N–H and O–H groups in total. The smallest absolute Gasteiger partial charge is 0.320 e. The zero-order valence-corrected chi connectivity index (χ0v) is 24.8. The number of nitrogens with zero attached hydrogens (tertiary/aromatic N) is 5. The fourth-order valence-electron chi connectivity index (χ4n) is 5.24. The van der Waals surface area contributed by atoms with E-state index in [-0.39, 0.29) is 29.2 Å². The first kappa shape index (κ1) is 29.1. The second kappa shape index (κ2) is 11.5. The monoisotopic (exact) mass is 571 g/mol. The van der Waals surface area contributed by atoms with Gasteiger partial charge in [0.05, 0.1) is 17.9 Å². The number of carbonyl (C=O) groups excluding carboxylic acids is 2. The van der Waals surface area contributed by atoms with Crippen LogP contribution in [-0.2, 0) is 15.8 Å². The third-order valence-corrected chi connectivity index (χ3v) is 7.30. The number of amides is 2. The highest BCUT2D eigenvalue weighted by Gasteiger charge is 2.31. The molecule has 0 unspecified atom stereocenters. The molecule has 4 aromatic rings. The van der Waals surface area contributed by atoms with E-state index in [1.54, 1.807) is 6.07 Å². The minimum Gasteiger partial charge on any atom is -0.484 e. The number of urea groups is 1. The SMILES string of the molecule is CCOC(C)(C)c1nnc2ccc(O[C@@H]3CC[C@H](NC(=O)Nc4cc(C(C)(C)C)nc(C=O)n4)c4ccccc43)cn12. The maximum absolute atomic E-state index is 13.1. The maximum Gasteiger partial charge on any atom is 0.320 e. The number of carbonyl (C=O) groups is 2. The van der Waals surface area contributed by atoms with E-state index in [1.807, 2.05) is 88.5 Å². The Morgan fingerprint density at radius 2 is 1.81 bits per heavy atom. The van der Waals surface area contributed by atoms with Gasteiger partial charge in [-0.25, -0.2) is 14.8 Å². The van der Waals surface area contributed by atoms with E-state index < -0.39 is 11.6 Å². The lowest BCUT2D eigenvalue weighted by Crippen LogP contribution is -2.36. The van der Waals surface area contributed by atoms with Gasteiger partial charge in [-0.15, -0.1) is 10.2 Å². The predicted molar refractivity (Wildman–Crippen MR) is 158 cm³/mol. The van der Waals surface area contributed by atoms with E-state index in [2.05, 4.69) is 30.8 Å². The number of nitrogens with one attached hydrogen (secondary N) is 2. The standard InChI is InChI=1S/C31H37N7O4/c1-7-41-31(5,6)28-37-36-27-15-12-19(17-38(27)28)42-23-14-13-22(20-10-8-9-11-21(20)23)32-29(40)35-25-16-24(30(2,3)4)33-26(18-39)34-25/h8-12,15-18,22-23H,7,13-14H2,1-6H3,(H2,32,33,34,35,40)/t22-,23+/m0/s1. The summed E-state index contributed by atoms with van der Waals surface area (Å²) in [6, 6.07) is 12.8. The van der Waals surface area contributed by atoms with E-state index in [9.17, 15) is 9.59 Å². The number of hydrogen-bond donors (Lipinski definition) is 2. The summed E-state index contributed by atoms with van der Waals surface area (Å²) in [6.07, 6.45) is 3.63. The molecule has 3 aromatic heterocycles. The number of anilines is 1. The molecule has 11 heteroatoms. The van der Waals surface area contributed by atoms with Gasteiger partial charge in [-0.3, -0.25) is 14.5 Å². The van der Waals surface area contributed by atoms with Crippen molar-refractivity contribution in [3.8, 4) is 5.75 Å². The number of hydrogen-bond acceptors (Lipinski definition) is 8. The van der Waals surface area contributed by atoms with E-state index in [0.717, 1.165) is 11.1 Å². The first-order valence-electron chi connectivity index (χ1n) is 14.2. The van der Waals surface area contributed by atoms with Gasteiger partial charge in [-0.1, -0.05) is 45.0 Å². The van der Waals surface area contributed by atoms with Crippen LogP contribution in [0.2, 0.25) is 0 Å². The van der Waals surface area contributed by atoms with Crippen LogP contribution >= 0.6 is 0 Å². The van der Waals surface area contributed by atoms with Crippen LogP contribution < -0.4 is 15.4 Å². The Kier molecular flexibility index (Phi) is 7.96. The second-order valence-corrected chi connectivity index (χ2v) is 11.9. The van der Waals surface area contributed by atoms with Gasteiger partial charge in [0.25, 0.3) is 0 Å². The quantitative estimate of drug-likeness (QED) is 0.258. The van der Waals surface area contributed by atoms with Gasteiger partial charge < -0.3 is 14.8 Å². The van der Waals surface area contributed by atoms with Crippen molar-refractivity contribution in [1.82, 2.24) is 29.9 Å². The summed E-state index contributed by atoms with van der Waals surface area (Å²) in [5, 5.41) is 14.5. The molecular weight excluding hydrogens is 534 g/mol. The fourth-order valence-corrected chi connectivity index (χ4v) is 5.24. The zero-order chi connectivity index (χ0) is 30.1. The van der Waals surface area contributed by atoms with Crippen molar-refractivity contribution in [2.24, 2.45) is 0 Å². The summed E-state index contributed by atoms with van der Waals surface area (Å²) in [4.78, 5) is 32.9. The van der Waals surface area contributed by atoms with Gasteiger partial charge in [0, 0.05) is 18.1 Å². The molecule has 220 valence electrons. The lowest BCUT2D eigenvalue weighted by molar-refractivity contribution is -0.0215. The molecule has 0 aliphatic heterocycles. The van der Waals surface area contributed by atoms with Crippen molar-refractivity contribution in [2.45, 2.75) is 77.5 Å². The van der Waals surface area contributed by atoms with Gasteiger partial charge in [-0.2, -0.15) is 0 Å². The van der Waals surface area contributed by atoms with Gasteiger partial charge in [0.15, 0.2) is 23.6 Å². The number of benzene rings is 1. The number of ether oxygens (including phenoxy) is 2. The van der Waals surface area contributed by atoms with Crippen molar-refractivity contribution >= 4 is 23.8 Å². The van der Waals surface area contributed by atoms with Crippen molar-refractivity contribution in [1.29, 1.82) is 0 Å². The molecule has 11 nitrogen and oxygen atoms in total. The predicted octanol–water partition coefficient (Wildman–Crippen LogP) is 5.68. The van der Waals surface area contributed by atoms with Gasteiger partial charge in [-0.05, 0) is 56.9 Å². The van der Waals surface area contributed by atoms with Crippen molar-refractivity contribution in [2.75, 3.05) is 11.9 Å². The molecule has 0 bridgehead atoms. The van der Waals surface area contributed by atoms with Crippen LogP contribution in [-0.4, -0.2) is 43.5 Å². The maximum atomic E-state index is 13.1. The van der Waals surface area contributed by atoms with Crippen LogP contribution in [0.15, 0.2) is 48.7 Å². The molecule has 0 radical (unpaired) electrons. The lowest BCUT2D eigenvalue weighted by atomic mass is 9.85. The van der Waals surface area contributed by atoms with E-state index in [4.69, 9.17) is 9.47 Å². The molecule has 2 amide bonds. The molecule has 3 heterocycles. The van der Waals surface area contributed by atoms with Crippen molar-refractivity contribution in [3.05, 3.63) is 77.1 Å². The highest BCUT2D eigenvalue weighted by atomic mass is 16.5. The Bertz CT molecular complexity index is 1610. The fraction of sp³-hybridized carbons (Fsp3) is 0.419. The molecule has 1 aromatic carbocycles. The first-order chi connectivity index (χ1) is 20.0. The Hall–Kier alpha value is -4.38. The average Bonchev–Trinajstić information content (AvgIpc) is 3.38. The Balaban J connectivity index is 1.33. The minimum absolute atomic E-state index is 0.0268. The third kappa shape index (κ3) is 6.11. The van der Waals surface area contributed by atoms with E-state index >= 15 is 0 Å². The zero-order valence-electron chi connectivity index (χ0n) is 24.8. The Labute approximate surface area is 245 Å². The van der Waals surface area contributed by atoms with Gasteiger partial charge in [0.2, 0.25) is 0 Å². The third-order valence-electron chi connectivity index (χ3n) is 7.30. The number of aldehydes is 1. The van der Waals surface area contributed by atoms with Crippen LogP contribution in [0.5, 0.6) is 5.75 Å². The van der Waals surface area contributed by atoms with Crippen LogP contribution in [0, 0.1) is 0 Å². The molecule has 2 atom stereocenters. The number of fused-ring (bicyclic) bond motifs is 2. The molecule has 42 heavy (non-hydrogen) atoms. The summed E-state index contributed by atoms with van der Waals surface area (Å²) in [6.45, 7) is 12.4. The number of rotatable bonds is 8. The average molecular weight is 572 g/mol. The van der Waals surface area contributed by atoms with Crippen LogP contribution in [0.3, 0.4) is 0 Å². The molecule has 0 saturated heterocycles. The first-order valence-corrected chi connectivity index (χ1v) is 14.2. The van der Waals surface area contributed by atoms with Crippen molar-refractivity contribution in [3.63, 3.8) is 0 Å². The number of pyridine rings is 1. The summed E-state index contributed by atoms with van der Waals surface area (Å²) < 4.78 is 14.3. The lowest BCUT2D eigenvalue weighted by Gasteiger charge is -2.32. The van der Waals surface area contributed by atoms with E-state index in [0.29, 0.717) is 48.6 Å². The van der Waals surface area contributed by atoms with E-state index in [1.165, 1.54) is 0 Å². The van der Waals surface area contributed by atoms with Crippen molar-refractivity contribution < 1.29 is 19.1 Å². The summed E-state index contributed by atoms with van der Waals surface area (Å²) in [5.74, 6) is 1.68. The highest BCUT2D eigenvalue weighted by Crippen LogP contribution is 2.39. The number of aromatic nitrogens is 5. The molecule has 5 rings (SSSR count). The van der Waals surface area contributed by atoms with Crippen LogP contribution in [0.4, 0.5) is 10.6 Å².